The lowest BCUT2D eigenvalue weighted by Gasteiger charge is -2.28. The number of benzene rings is 1. The molecule has 19 heavy (non-hydrogen) atoms. The Bertz CT molecular complexity index is 325. The third-order valence-electron chi connectivity index (χ3n) is 3.65. The van der Waals surface area contributed by atoms with Gasteiger partial charge in [0.15, 0.2) is 0 Å². The molecule has 1 aromatic rings. The summed E-state index contributed by atoms with van der Waals surface area (Å²) in [6, 6.07) is 11.4. The Labute approximate surface area is 123 Å². The smallest absolute Gasteiger partial charge is 0.0440 e. The topological polar surface area (TPSA) is 12.0 Å². The van der Waals surface area contributed by atoms with E-state index in [2.05, 4.69) is 75.1 Å². The van der Waals surface area contributed by atoms with Crippen LogP contribution >= 0.6 is 11.8 Å². The minimum absolute atomic E-state index is 0.477. The van der Waals surface area contributed by atoms with Crippen molar-refractivity contribution in [3.63, 3.8) is 0 Å². The Morgan fingerprint density at radius 2 is 1.74 bits per heavy atom. The van der Waals surface area contributed by atoms with Gasteiger partial charge in [0.05, 0.1) is 0 Å². The van der Waals surface area contributed by atoms with E-state index in [-0.39, 0.29) is 0 Å². The molecule has 0 aliphatic rings. The standard InChI is InChI=1S/C17H29NS/c1-5-14(4)13-19-16(6-2)17(18-7-3)15-11-9-8-10-12-15/h8-12,14,16-18H,5-7,13H2,1-4H3. The van der Waals surface area contributed by atoms with Gasteiger partial charge in [-0.2, -0.15) is 11.8 Å². The Kier molecular flexibility index (Phi) is 8.24. The number of thioether (sulfide) groups is 1. The minimum atomic E-state index is 0.477. The predicted molar refractivity (Wildman–Crippen MR) is 88.9 cm³/mol. The average Bonchev–Trinajstić information content (AvgIpc) is 2.47. The van der Waals surface area contributed by atoms with Gasteiger partial charge in [0.25, 0.3) is 0 Å². The van der Waals surface area contributed by atoms with Crippen molar-refractivity contribution in [2.24, 2.45) is 5.92 Å². The second kappa shape index (κ2) is 9.44. The second-order valence-corrected chi connectivity index (χ2v) is 6.51. The molecule has 0 heterocycles. The van der Waals surface area contributed by atoms with Gasteiger partial charge in [-0.05, 0) is 30.2 Å². The highest BCUT2D eigenvalue weighted by Gasteiger charge is 2.21. The molecule has 1 aromatic carbocycles. The van der Waals surface area contributed by atoms with E-state index in [9.17, 15) is 0 Å². The lowest BCUT2D eigenvalue weighted by molar-refractivity contribution is 0.519. The van der Waals surface area contributed by atoms with Crippen molar-refractivity contribution in [2.45, 2.75) is 51.8 Å². The molecule has 1 nitrogen and oxygen atoms in total. The van der Waals surface area contributed by atoms with Gasteiger partial charge in [-0.25, -0.2) is 0 Å². The molecule has 0 saturated heterocycles. The van der Waals surface area contributed by atoms with Gasteiger partial charge < -0.3 is 5.32 Å². The van der Waals surface area contributed by atoms with Crippen LogP contribution in [0.4, 0.5) is 0 Å². The molecule has 0 saturated carbocycles. The van der Waals surface area contributed by atoms with Gasteiger partial charge in [0, 0.05) is 11.3 Å². The molecule has 0 aliphatic heterocycles. The normalized spacial score (nSPS) is 16.0. The fraction of sp³-hybridized carbons (Fsp3) is 0.647. The highest BCUT2D eigenvalue weighted by molar-refractivity contribution is 7.99. The number of hydrogen-bond acceptors (Lipinski definition) is 2. The first-order chi connectivity index (χ1) is 9.22. The molecule has 0 spiro atoms. The number of hydrogen-bond donors (Lipinski definition) is 1. The van der Waals surface area contributed by atoms with Gasteiger partial charge in [-0.1, -0.05) is 64.4 Å². The van der Waals surface area contributed by atoms with E-state index in [0.717, 1.165) is 12.5 Å². The summed E-state index contributed by atoms with van der Waals surface area (Å²) < 4.78 is 0. The van der Waals surface area contributed by atoms with Gasteiger partial charge in [0.1, 0.15) is 0 Å². The lowest BCUT2D eigenvalue weighted by Crippen LogP contribution is -2.30. The van der Waals surface area contributed by atoms with Crippen LogP contribution in [0.2, 0.25) is 0 Å². The maximum Gasteiger partial charge on any atom is 0.0440 e. The van der Waals surface area contributed by atoms with Crippen LogP contribution in [0.3, 0.4) is 0 Å². The van der Waals surface area contributed by atoms with E-state index in [0.29, 0.717) is 11.3 Å². The van der Waals surface area contributed by atoms with Crippen LogP contribution in [-0.2, 0) is 0 Å². The van der Waals surface area contributed by atoms with Crippen molar-refractivity contribution in [1.29, 1.82) is 0 Å². The molecule has 3 unspecified atom stereocenters. The van der Waals surface area contributed by atoms with E-state index in [1.807, 2.05) is 0 Å². The van der Waals surface area contributed by atoms with E-state index < -0.39 is 0 Å². The summed E-state index contributed by atoms with van der Waals surface area (Å²) >= 11 is 2.13. The van der Waals surface area contributed by atoms with E-state index in [1.165, 1.54) is 24.2 Å². The molecular formula is C17H29NS. The first kappa shape index (κ1) is 16.6. The van der Waals surface area contributed by atoms with E-state index in [1.54, 1.807) is 0 Å². The van der Waals surface area contributed by atoms with Crippen molar-refractivity contribution in [3.05, 3.63) is 35.9 Å². The fourth-order valence-corrected chi connectivity index (χ4v) is 3.69. The Balaban J connectivity index is 2.71. The van der Waals surface area contributed by atoms with Crippen molar-refractivity contribution < 1.29 is 0 Å². The zero-order chi connectivity index (χ0) is 14.1. The summed E-state index contributed by atoms with van der Waals surface area (Å²) in [5.74, 6) is 2.08. The van der Waals surface area contributed by atoms with Crippen LogP contribution in [0, 0.1) is 5.92 Å². The van der Waals surface area contributed by atoms with Crippen molar-refractivity contribution >= 4 is 11.8 Å². The SMILES string of the molecule is CCNC(c1ccccc1)C(CC)SCC(C)CC. The Morgan fingerprint density at radius 1 is 1.05 bits per heavy atom. The van der Waals surface area contributed by atoms with Crippen LogP contribution in [0.25, 0.3) is 0 Å². The van der Waals surface area contributed by atoms with E-state index in [4.69, 9.17) is 0 Å². The van der Waals surface area contributed by atoms with Gasteiger partial charge in [-0.15, -0.1) is 0 Å². The molecular weight excluding hydrogens is 250 g/mol. The first-order valence-corrected chi connectivity index (χ1v) is 8.67. The number of nitrogens with one attached hydrogen (secondary N) is 1. The minimum Gasteiger partial charge on any atom is -0.309 e. The highest BCUT2D eigenvalue weighted by atomic mass is 32.2. The largest absolute Gasteiger partial charge is 0.309 e. The van der Waals surface area contributed by atoms with Crippen LogP contribution in [0.5, 0.6) is 0 Å². The summed E-state index contributed by atoms with van der Waals surface area (Å²) in [6.07, 6.45) is 2.49. The molecule has 0 bridgehead atoms. The molecule has 0 amide bonds. The third kappa shape index (κ3) is 5.58. The van der Waals surface area contributed by atoms with Gasteiger partial charge in [0.2, 0.25) is 0 Å². The predicted octanol–water partition coefficient (Wildman–Crippen LogP) is 4.90. The quantitative estimate of drug-likeness (QED) is 0.690. The molecule has 1 rings (SSSR count). The molecule has 2 heteroatoms. The summed E-state index contributed by atoms with van der Waals surface area (Å²) in [7, 11) is 0. The van der Waals surface area contributed by atoms with Gasteiger partial charge >= 0.3 is 0 Å². The third-order valence-corrected chi connectivity index (χ3v) is 5.44. The molecule has 0 fully saturated rings. The molecule has 0 aliphatic carbocycles. The van der Waals surface area contributed by atoms with Crippen molar-refractivity contribution in [1.82, 2.24) is 5.32 Å². The zero-order valence-corrected chi connectivity index (χ0v) is 13.7. The first-order valence-electron chi connectivity index (χ1n) is 7.62. The molecule has 0 radical (unpaired) electrons. The van der Waals surface area contributed by atoms with Crippen LogP contribution in [0.15, 0.2) is 30.3 Å². The summed E-state index contributed by atoms with van der Waals surface area (Å²) in [5.41, 5.74) is 1.42. The van der Waals surface area contributed by atoms with Crippen molar-refractivity contribution in [3.8, 4) is 0 Å². The van der Waals surface area contributed by atoms with Gasteiger partial charge in [-0.3, -0.25) is 0 Å². The lowest BCUT2D eigenvalue weighted by atomic mass is 10.0. The maximum absolute atomic E-state index is 3.67. The second-order valence-electron chi connectivity index (χ2n) is 5.24. The Morgan fingerprint density at radius 3 is 2.26 bits per heavy atom. The van der Waals surface area contributed by atoms with Crippen LogP contribution in [-0.4, -0.2) is 17.5 Å². The molecule has 1 N–H and O–H groups in total. The average molecular weight is 279 g/mol. The Hall–Kier alpha value is -0.470. The van der Waals surface area contributed by atoms with E-state index >= 15 is 0 Å². The number of rotatable bonds is 9. The highest BCUT2D eigenvalue weighted by Crippen LogP contribution is 2.30. The molecule has 108 valence electrons. The van der Waals surface area contributed by atoms with Crippen LogP contribution < -0.4 is 5.32 Å². The monoisotopic (exact) mass is 279 g/mol. The van der Waals surface area contributed by atoms with Crippen LogP contribution in [0.1, 0.15) is 52.1 Å². The van der Waals surface area contributed by atoms with Crippen molar-refractivity contribution in [2.75, 3.05) is 12.3 Å². The summed E-state index contributed by atoms with van der Waals surface area (Å²) in [5, 5.41) is 4.33. The zero-order valence-electron chi connectivity index (χ0n) is 12.9. The summed E-state index contributed by atoms with van der Waals surface area (Å²) in [4.78, 5) is 0. The fourth-order valence-electron chi connectivity index (χ4n) is 2.20. The maximum atomic E-state index is 3.67. The molecule has 3 atom stereocenters. The summed E-state index contributed by atoms with van der Waals surface area (Å²) in [6.45, 7) is 10.2. The molecule has 0 aromatic heterocycles.